The van der Waals surface area contributed by atoms with Crippen LogP contribution in [0.1, 0.15) is 31.5 Å². The van der Waals surface area contributed by atoms with Crippen molar-refractivity contribution in [3.05, 3.63) is 18.5 Å². The van der Waals surface area contributed by atoms with E-state index in [0.717, 1.165) is 16.7 Å². The van der Waals surface area contributed by atoms with Crippen LogP contribution >= 0.6 is 11.8 Å². The molecule has 2 rings (SSSR count). The number of hydrogen-bond donors (Lipinski definition) is 1. The Morgan fingerprint density at radius 1 is 1.40 bits per heavy atom. The topological polar surface area (TPSA) is 56.7 Å². The molecule has 1 aliphatic carbocycles. The molecule has 0 amide bonds. The number of allylic oxidation sites excluding steroid dienone is 1. The number of nitrogens with two attached hydrogens (primary N) is 1. The van der Waals surface area contributed by atoms with Gasteiger partial charge in [-0.25, -0.2) is 8.78 Å². The summed E-state index contributed by atoms with van der Waals surface area (Å²) in [6.45, 7) is 4.65. The molecule has 112 valence electrons. The number of nitrogens with zero attached hydrogens (tertiary/aromatic N) is 3. The van der Waals surface area contributed by atoms with Crippen LogP contribution in [0.2, 0.25) is 0 Å². The minimum atomic E-state index is -2.46. The minimum absolute atomic E-state index is 0.00558. The zero-order valence-electron chi connectivity index (χ0n) is 11.4. The fraction of sp³-hybridized carbons (Fsp3) is 0.692. The fourth-order valence-corrected chi connectivity index (χ4v) is 3.50. The average Bonchev–Trinajstić information content (AvgIpc) is 2.80. The van der Waals surface area contributed by atoms with E-state index in [-0.39, 0.29) is 12.8 Å². The summed E-state index contributed by atoms with van der Waals surface area (Å²) < 4.78 is 28.1. The predicted molar refractivity (Wildman–Crippen MR) is 75.7 cm³/mol. The molecule has 2 N–H and O–H groups in total. The molecule has 0 saturated heterocycles. The molecule has 0 spiro atoms. The van der Waals surface area contributed by atoms with E-state index in [2.05, 4.69) is 16.8 Å². The third kappa shape index (κ3) is 3.79. The van der Waals surface area contributed by atoms with Gasteiger partial charge in [-0.15, -0.1) is 16.8 Å². The largest absolute Gasteiger partial charge is 0.324 e. The maximum Gasteiger partial charge on any atom is 0.248 e. The van der Waals surface area contributed by atoms with Gasteiger partial charge in [-0.05, 0) is 18.8 Å². The van der Waals surface area contributed by atoms with Gasteiger partial charge in [0.05, 0.1) is 6.54 Å². The van der Waals surface area contributed by atoms with Crippen LogP contribution in [0, 0.1) is 5.92 Å². The maximum atomic E-state index is 13.1. The van der Waals surface area contributed by atoms with Gasteiger partial charge in [-0.3, -0.25) is 0 Å². The van der Waals surface area contributed by atoms with Gasteiger partial charge in [0.15, 0.2) is 5.16 Å². The third-order valence-corrected chi connectivity index (χ3v) is 4.77. The molecule has 1 heterocycles. The van der Waals surface area contributed by atoms with Gasteiger partial charge in [0.25, 0.3) is 0 Å². The van der Waals surface area contributed by atoms with Crippen molar-refractivity contribution < 1.29 is 8.78 Å². The second-order valence-corrected chi connectivity index (χ2v) is 6.10. The van der Waals surface area contributed by atoms with Crippen molar-refractivity contribution in [3.8, 4) is 0 Å². The Hall–Kier alpha value is -0.950. The molecular formula is C13H20F2N4S. The van der Waals surface area contributed by atoms with E-state index >= 15 is 0 Å². The number of rotatable bonds is 6. The minimum Gasteiger partial charge on any atom is -0.324 e. The van der Waals surface area contributed by atoms with Crippen molar-refractivity contribution in [1.29, 1.82) is 0 Å². The zero-order chi connectivity index (χ0) is 14.6. The van der Waals surface area contributed by atoms with Crippen LogP contribution < -0.4 is 5.73 Å². The Labute approximate surface area is 121 Å². The number of alkyl halides is 2. The predicted octanol–water partition coefficient (Wildman–Crippen LogP) is 2.84. The van der Waals surface area contributed by atoms with Crippen molar-refractivity contribution in [2.45, 2.75) is 49.9 Å². The summed E-state index contributed by atoms with van der Waals surface area (Å²) in [6, 6.07) is 0. The number of hydrogen-bond acceptors (Lipinski definition) is 4. The van der Waals surface area contributed by atoms with Gasteiger partial charge in [0.1, 0.15) is 5.82 Å². The Morgan fingerprint density at radius 2 is 2.10 bits per heavy atom. The fourth-order valence-electron chi connectivity index (χ4n) is 2.35. The first kappa shape index (κ1) is 15.4. The Balaban J connectivity index is 1.91. The molecular weight excluding hydrogens is 282 g/mol. The van der Waals surface area contributed by atoms with E-state index < -0.39 is 5.92 Å². The molecule has 1 fully saturated rings. The highest BCUT2D eigenvalue weighted by atomic mass is 32.2. The molecule has 7 heteroatoms. The van der Waals surface area contributed by atoms with E-state index in [9.17, 15) is 8.78 Å². The molecule has 0 atom stereocenters. The van der Waals surface area contributed by atoms with E-state index in [1.165, 1.54) is 0 Å². The maximum absolute atomic E-state index is 13.1. The molecule has 1 aromatic rings. The Morgan fingerprint density at radius 3 is 2.70 bits per heavy atom. The van der Waals surface area contributed by atoms with Crippen molar-refractivity contribution in [2.75, 3.05) is 5.75 Å². The summed E-state index contributed by atoms with van der Waals surface area (Å²) in [6.07, 6.45) is 2.95. The molecule has 0 unspecified atom stereocenters. The van der Waals surface area contributed by atoms with Crippen LogP contribution in [0.4, 0.5) is 8.78 Å². The molecule has 0 radical (unpaired) electrons. The van der Waals surface area contributed by atoms with Crippen LogP contribution in [0.25, 0.3) is 0 Å². The SMILES string of the molecule is C=CCn1c(CN)nnc1SCC1CCC(F)(F)CC1. The molecule has 0 aliphatic heterocycles. The average molecular weight is 302 g/mol. The van der Waals surface area contributed by atoms with Gasteiger partial charge in [0.2, 0.25) is 5.92 Å². The van der Waals surface area contributed by atoms with Crippen LogP contribution in [0.15, 0.2) is 17.8 Å². The quantitative estimate of drug-likeness (QED) is 0.648. The standard InChI is InChI=1S/C13H20F2N4S/c1-2-7-19-11(8-16)17-18-12(19)20-9-10-3-5-13(14,15)6-4-10/h2,10H,1,3-9,16H2. The first-order valence-electron chi connectivity index (χ1n) is 6.79. The van der Waals surface area contributed by atoms with Gasteiger partial charge in [-0.2, -0.15) is 0 Å². The molecule has 4 nitrogen and oxygen atoms in total. The van der Waals surface area contributed by atoms with Crippen molar-refractivity contribution in [2.24, 2.45) is 11.7 Å². The number of thioether (sulfide) groups is 1. The Kier molecular flexibility index (Phi) is 5.15. The van der Waals surface area contributed by atoms with Gasteiger partial charge in [-0.1, -0.05) is 17.8 Å². The second kappa shape index (κ2) is 6.67. The lowest BCUT2D eigenvalue weighted by molar-refractivity contribution is -0.0433. The van der Waals surface area contributed by atoms with Crippen molar-refractivity contribution in [1.82, 2.24) is 14.8 Å². The van der Waals surface area contributed by atoms with E-state index in [1.54, 1.807) is 17.8 Å². The summed E-state index contributed by atoms with van der Waals surface area (Å²) in [5.41, 5.74) is 5.61. The molecule has 1 aromatic heterocycles. The van der Waals surface area contributed by atoms with E-state index in [4.69, 9.17) is 5.73 Å². The Bertz CT molecular complexity index is 451. The van der Waals surface area contributed by atoms with Crippen LogP contribution in [0.3, 0.4) is 0 Å². The number of aromatic nitrogens is 3. The normalized spacial score (nSPS) is 19.1. The summed E-state index contributed by atoms with van der Waals surface area (Å²) in [4.78, 5) is 0. The highest BCUT2D eigenvalue weighted by molar-refractivity contribution is 7.99. The summed E-state index contributed by atoms with van der Waals surface area (Å²) >= 11 is 1.57. The van der Waals surface area contributed by atoms with Crippen LogP contribution in [-0.2, 0) is 13.1 Å². The summed E-state index contributed by atoms with van der Waals surface area (Å²) in [5.74, 6) is -0.607. The molecule has 20 heavy (non-hydrogen) atoms. The molecule has 1 saturated carbocycles. The zero-order valence-corrected chi connectivity index (χ0v) is 12.2. The first-order valence-corrected chi connectivity index (χ1v) is 7.78. The van der Waals surface area contributed by atoms with E-state index in [1.807, 2.05) is 4.57 Å². The molecule has 0 aromatic carbocycles. The van der Waals surface area contributed by atoms with Gasteiger partial charge < -0.3 is 10.3 Å². The van der Waals surface area contributed by atoms with Gasteiger partial charge in [0, 0.05) is 25.1 Å². The monoisotopic (exact) mass is 302 g/mol. The lowest BCUT2D eigenvalue weighted by Gasteiger charge is -2.27. The lowest BCUT2D eigenvalue weighted by atomic mass is 9.88. The van der Waals surface area contributed by atoms with Crippen LogP contribution in [0.5, 0.6) is 0 Å². The van der Waals surface area contributed by atoms with Crippen molar-refractivity contribution >= 4 is 11.8 Å². The second-order valence-electron chi connectivity index (χ2n) is 5.11. The smallest absolute Gasteiger partial charge is 0.248 e. The third-order valence-electron chi connectivity index (χ3n) is 3.57. The first-order chi connectivity index (χ1) is 9.55. The van der Waals surface area contributed by atoms with E-state index in [0.29, 0.717) is 31.8 Å². The van der Waals surface area contributed by atoms with Gasteiger partial charge >= 0.3 is 0 Å². The lowest BCUT2D eigenvalue weighted by Crippen LogP contribution is -2.25. The van der Waals surface area contributed by atoms with Crippen LogP contribution in [-0.4, -0.2) is 26.4 Å². The number of halogens is 2. The van der Waals surface area contributed by atoms with Crippen molar-refractivity contribution in [3.63, 3.8) is 0 Å². The highest BCUT2D eigenvalue weighted by Gasteiger charge is 2.34. The molecule has 1 aliphatic rings. The summed E-state index contributed by atoms with van der Waals surface area (Å²) in [5, 5.41) is 8.95. The molecule has 0 bridgehead atoms. The highest BCUT2D eigenvalue weighted by Crippen LogP contribution is 2.38. The summed E-state index contributed by atoms with van der Waals surface area (Å²) in [7, 11) is 0.